The van der Waals surface area contributed by atoms with Crippen LogP contribution in [0.5, 0.6) is 0 Å². The number of hydrogen-bond donors (Lipinski definition) is 1. The normalized spacial score (nSPS) is 30.6. The highest BCUT2D eigenvalue weighted by Crippen LogP contribution is 2.26. The molecule has 110 valence electrons. The molecule has 2 N–H and O–H groups in total. The highest BCUT2D eigenvalue weighted by atomic mass is 16.2. The van der Waals surface area contributed by atoms with E-state index in [0.717, 1.165) is 32.5 Å². The molecule has 0 aromatic heterocycles. The van der Waals surface area contributed by atoms with E-state index in [4.69, 9.17) is 5.73 Å². The average Bonchev–Trinajstić information content (AvgIpc) is 2.93. The monoisotopic (exact) mass is 267 g/mol. The maximum atomic E-state index is 12.3. The molecule has 0 bridgehead atoms. The molecule has 4 heteroatoms. The number of nitrogens with zero attached hydrogens (tertiary/aromatic N) is 2. The van der Waals surface area contributed by atoms with Crippen molar-refractivity contribution in [1.82, 2.24) is 9.80 Å². The minimum atomic E-state index is 0.228. The first-order chi connectivity index (χ1) is 9.13. The van der Waals surface area contributed by atoms with Crippen molar-refractivity contribution in [3.05, 3.63) is 0 Å². The van der Waals surface area contributed by atoms with Crippen LogP contribution in [0.4, 0.5) is 0 Å². The zero-order valence-corrected chi connectivity index (χ0v) is 12.5. The highest BCUT2D eigenvalue weighted by Gasteiger charge is 2.31. The van der Waals surface area contributed by atoms with Crippen LogP contribution in [0.3, 0.4) is 0 Å². The van der Waals surface area contributed by atoms with E-state index in [1.165, 1.54) is 12.8 Å². The molecule has 0 radical (unpaired) electrons. The van der Waals surface area contributed by atoms with Crippen LogP contribution in [0.25, 0.3) is 0 Å². The summed E-state index contributed by atoms with van der Waals surface area (Å²) in [7, 11) is 0. The first kappa shape index (κ1) is 14.8. The molecule has 0 saturated carbocycles. The smallest absolute Gasteiger partial charge is 0.224 e. The second-order valence-corrected chi connectivity index (χ2v) is 6.28. The van der Waals surface area contributed by atoms with E-state index in [2.05, 4.69) is 18.7 Å². The molecular formula is C15H29N3O. The van der Waals surface area contributed by atoms with Crippen molar-refractivity contribution in [2.75, 3.05) is 26.2 Å². The molecule has 19 heavy (non-hydrogen) atoms. The number of rotatable bonds is 4. The lowest BCUT2D eigenvalue weighted by Gasteiger charge is -2.42. The predicted molar refractivity (Wildman–Crippen MR) is 77.8 cm³/mol. The zero-order chi connectivity index (χ0) is 13.8. The van der Waals surface area contributed by atoms with E-state index in [1.807, 2.05) is 4.90 Å². The van der Waals surface area contributed by atoms with Gasteiger partial charge in [0.05, 0.1) is 0 Å². The van der Waals surface area contributed by atoms with Crippen LogP contribution < -0.4 is 5.73 Å². The van der Waals surface area contributed by atoms with Gasteiger partial charge >= 0.3 is 0 Å². The van der Waals surface area contributed by atoms with Crippen molar-refractivity contribution in [2.45, 2.75) is 58.0 Å². The molecule has 4 nitrogen and oxygen atoms in total. The lowest BCUT2D eigenvalue weighted by Crippen LogP contribution is -2.52. The summed E-state index contributed by atoms with van der Waals surface area (Å²) in [5.41, 5.74) is 5.95. The molecule has 2 heterocycles. The molecule has 2 aliphatic rings. The van der Waals surface area contributed by atoms with E-state index >= 15 is 0 Å². The van der Waals surface area contributed by atoms with E-state index in [9.17, 15) is 4.79 Å². The van der Waals surface area contributed by atoms with Crippen LogP contribution in [0.2, 0.25) is 0 Å². The number of carbonyl (C=O) groups is 1. The third-order valence-electron chi connectivity index (χ3n) is 5.03. The fourth-order valence-corrected chi connectivity index (χ4v) is 3.52. The maximum Gasteiger partial charge on any atom is 0.224 e. The van der Waals surface area contributed by atoms with Crippen LogP contribution in [0, 0.1) is 5.92 Å². The van der Waals surface area contributed by atoms with Crippen molar-refractivity contribution < 1.29 is 4.79 Å². The number of hydrogen-bond acceptors (Lipinski definition) is 3. The molecule has 3 unspecified atom stereocenters. The third kappa shape index (κ3) is 3.48. The Balaban J connectivity index is 1.93. The van der Waals surface area contributed by atoms with Crippen LogP contribution >= 0.6 is 0 Å². The first-order valence-corrected chi connectivity index (χ1v) is 7.87. The van der Waals surface area contributed by atoms with Gasteiger partial charge in [0, 0.05) is 38.1 Å². The van der Waals surface area contributed by atoms with Crippen molar-refractivity contribution in [1.29, 1.82) is 0 Å². The van der Waals surface area contributed by atoms with Crippen LogP contribution in [-0.2, 0) is 4.79 Å². The lowest BCUT2D eigenvalue weighted by molar-refractivity contribution is -0.131. The van der Waals surface area contributed by atoms with Gasteiger partial charge in [-0.05, 0) is 45.1 Å². The highest BCUT2D eigenvalue weighted by molar-refractivity contribution is 5.77. The Morgan fingerprint density at radius 2 is 1.89 bits per heavy atom. The summed E-state index contributed by atoms with van der Waals surface area (Å²) in [4.78, 5) is 16.8. The summed E-state index contributed by atoms with van der Waals surface area (Å²) in [5.74, 6) is 1.02. The Kier molecular flexibility index (Phi) is 5.22. The van der Waals surface area contributed by atoms with E-state index < -0.39 is 0 Å². The van der Waals surface area contributed by atoms with Gasteiger partial charge in [-0.3, -0.25) is 9.69 Å². The molecule has 0 aromatic carbocycles. The van der Waals surface area contributed by atoms with Crippen molar-refractivity contribution >= 4 is 5.91 Å². The topological polar surface area (TPSA) is 49.6 Å². The number of piperidine rings is 1. The van der Waals surface area contributed by atoms with Crippen LogP contribution in [0.1, 0.15) is 46.0 Å². The molecule has 1 amide bonds. The number of carbonyl (C=O) groups excluding carboxylic acids is 1. The van der Waals surface area contributed by atoms with Gasteiger partial charge in [-0.15, -0.1) is 0 Å². The fraction of sp³-hybridized carbons (Fsp3) is 0.933. The summed E-state index contributed by atoms with van der Waals surface area (Å²) in [6.45, 7) is 8.18. The molecule has 2 aliphatic heterocycles. The minimum absolute atomic E-state index is 0.228. The second kappa shape index (κ2) is 6.71. The molecule has 0 aromatic rings. The van der Waals surface area contributed by atoms with Crippen LogP contribution in [-0.4, -0.2) is 54.0 Å². The summed E-state index contributed by atoms with van der Waals surface area (Å²) < 4.78 is 0. The van der Waals surface area contributed by atoms with Gasteiger partial charge in [0.2, 0.25) is 5.91 Å². The Morgan fingerprint density at radius 1 is 1.21 bits per heavy atom. The SMILES string of the molecule is CC1CCCN(C(CN)CC(=O)N2CCCC2)C1C. The molecule has 2 fully saturated rings. The summed E-state index contributed by atoms with van der Waals surface area (Å²) in [6, 6.07) is 0.777. The fourth-order valence-electron chi connectivity index (χ4n) is 3.52. The second-order valence-electron chi connectivity index (χ2n) is 6.28. The largest absolute Gasteiger partial charge is 0.343 e. The zero-order valence-electron chi connectivity index (χ0n) is 12.5. The van der Waals surface area contributed by atoms with Gasteiger partial charge in [0.1, 0.15) is 0 Å². The minimum Gasteiger partial charge on any atom is -0.343 e. The Labute approximate surface area is 117 Å². The third-order valence-corrected chi connectivity index (χ3v) is 5.03. The first-order valence-electron chi connectivity index (χ1n) is 7.87. The van der Waals surface area contributed by atoms with E-state index in [-0.39, 0.29) is 6.04 Å². The van der Waals surface area contributed by atoms with Gasteiger partial charge in [0.25, 0.3) is 0 Å². The van der Waals surface area contributed by atoms with Gasteiger partial charge in [-0.1, -0.05) is 6.92 Å². The summed E-state index contributed by atoms with van der Waals surface area (Å²) in [6.07, 6.45) is 5.47. The molecule has 2 saturated heterocycles. The molecule has 0 aliphatic carbocycles. The van der Waals surface area contributed by atoms with Crippen molar-refractivity contribution in [3.63, 3.8) is 0 Å². The predicted octanol–water partition coefficient (Wildman–Crippen LogP) is 1.45. The maximum absolute atomic E-state index is 12.3. The lowest BCUT2D eigenvalue weighted by atomic mass is 9.90. The Hall–Kier alpha value is -0.610. The Bertz CT molecular complexity index is 302. The molecule has 2 rings (SSSR count). The standard InChI is InChI=1S/C15H29N3O/c1-12-6-5-9-18(13(12)2)14(11-16)10-15(19)17-7-3-4-8-17/h12-14H,3-11,16H2,1-2H3. The number of nitrogens with two attached hydrogens (primary N) is 1. The van der Waals surface area contributed by atoms with Crippen molar-refractivity contribution in [2.24, 2.45) is 11.7 Å². The number of amides is 1. The van der Waals surface area contributed by atoms with Gasteiger partial charge in [0.15, 0.2) is 0 Å². The molecular weight excluding hydrogens is 238 g/mol. The Morgan fingerprint density at radius 3 is 2.53 bits per heavy atom. The van der Waals surface area contributed by atoms with Gasteiger partial charge < -0.3 is 10.6 Å². The van der Waals surface area contributed by atoms with Crippen LogP contribution in [0.15, 0.2) is 0 Å². The van der Waals surface area contributed by atoms with Crippen molar-refractivity contribution in [3.8, 4) is 0 Å². The average molecular weight is 267 g/mol. The quantitative estimate of drug-likeness (QED) is 0.838. The number of likely N-dealkylation sites (tertiary alicyclic amines) is 2. The van der Waals surface area contributed by atoms with E-state index in [1.54, 1.807) is 0 Å². The van der Waals surface area contributed by atoms with Gasteiger partial charge in [-0.25, -0.2) is 0 Å². The van der Waals surface area contributed by atoms with Gasteiger partial charge in [-0.2, -0.15) is 0 Å². The summed E-state index contributed by atoms with van der Waals surface area (Å²) in [5, 5.41) is 0. The molecule has 0 spiro atoms. The molecule has 3 atom stereocenters. The summed E-state index contributed by atoms with van der Waals surface area (Å²) >= 11 is 0. The van der Waals surface area contributed by atoms with E-state index in [0.29, 0.717) is 30.8 Å².